The number of carboxylic acid groups (broad SMARTS) is 2. The number of carbonyl (C=O) groups is 2. The molecule has 6 nitrogen and oxygen atoms in total. The molecule has 8 heteroatoms. The Bertz CT molecular complexity index is 1120. The number of pyridine rings is 2. The van der Waals surface area contributed by atoms with Crippen molar-refractivity contribution in [3.8, 4) is 0 Å². The molecule has 0 atom stereocenters. The zero-order chi connectivity index (χ0) is 20.3. The van der Waals surface area contributed by atoms with Crippen molar-refractivity contribution in [2.75, 3.05) is 0 Å². The van der Waals surface area contributed by atoms with Gasteiger partial charge < -0.3 is 15.0 Å². The van der Waals surface area contributed by atoms with Crippen LogP contribution in [0, 0.1) is 0 Å². The van der Waals surface area contributed by atoms with Gasteiger partial charge in [-0.25, -0.2) is 14.8 Å². The van der Waals surface area contributed by atoms with Crippen LogP contribution in [0.25, 0.3) is 21.8 Å². The van der Waals surface area contributed by atoms with Crippen molar-refractivity contribution in [2.45, 2.75) is 0 Å². The minimum atomic E-state index is -1.61. The van der Waals surface area contributed by atoms with E-state index in [1.54, 1.807) is 0 Å². The number of hydrogen-bond donors (Lipinski definition) is 1. The quantitative estimate of drug-likeness (QED) is 0.506. The number of halogens is 2. The minimum Gasteiger partial charge on any atom is -0.545 e. The zero-order valence-corrected chi connectivity index (χ0v) is 15.7. The maximum Gasteiger partial charge on any atom is 0.336 e. The van der Waals surface area contributed by atoms with E-state index in [4.69, 9.17) is 28.3 Å². The van der Waals surface area contributed by atoms with E-state index in [0.29, 0.717) is 0 Å². The summed E-state index contributed by atoms with van der Waals surface area (Å²) in [5, 5.41) is 21.5. The van der Waals surface area contributed by atoms with Gasteiger partial charge in [-0.3, -0.25) is 0 Å². The van der Waals surface area contributed by atoms with E-state index in [1.165, 1.54) is 10.8 Å². The van der Waals surface area contributed by atoms with Crippen LogP contribution in [-0.4, -0.2) is 22.0 Å². The number of nitrogens with zero attached hydrogens (tertiary/aromatic N) is 1. The molecule has 0 radical (unpaired) electrons. The lowest BCUT2D eigenvalue weighted by Crippen LogP contribution is -2.25. The molecule has 4 rings (SSSR count). The molecule has 2 heterocycles. The summed E-state index contributed by atoms with van der Waals surface area (Å²) in [6.07, 6.45) is 3.75. The molecule has 0 aliphatic carbocycles. The summed E-state index contributed by atoms with van der Waals surface area (Å²) < 4.78 is 0. The van der Waals surface area contributed by atoms with Crippen molar-refractivity contribution >= 4 is 56.9 Å². The number of aromatic nitrogens is 2. The van der Waals surface area contributed by atoms with Crippen molar-refractivity contribution in [3.63, 3.8) is 0 Å². The number of H-pyrrole nitrogens is 1. The Balaban J connectivity index is 0.000000161. The Labute approximate surface area is 169 Å². The summed E-state index contributed by atoms with van der Waals surface area (Å²) in [5.74, 6) is -3.01. The van der Waals surface area contributed by atoms with Crippen LogP contribution in [0.5, 0.6) is 0 Å². The van der Waals surface area contributed by atoms with Gasteiger partial charge in [-0.2, -0.15) is 0 Å². The van der Waals surface area contributed by atoms with Gasteiger partial charge in [0.05, 0.1) is 21.6 Å². The number of fused-ring (bicyclic) bond motifs is 3. The summed E-state index contributed by atoms with van der Waals surface area (Å²) in [6.45, 7) is 0. The highest BCUT2D eigenvalue weighted by Crippen LogP contribution is 2.25. The molecule has 0 unspecified atom stereocenters. The number of carbonyl (C=O) groups excluding carboxylic acids is 1. The van der Waals surface area contributed by atoms with Crippen molar-refractivity contribution in [1.82, 2.24) is 4.98 Å². The number of carboxylic acids is 2. The highest BCUT2D eigenvalue weighted by atomic mass is 35.5. The average Bonchev–Trinajstić information content (AvgIpc) is 2.70. The van der Waals surface area contributed by atoms with Crippen LogP contribution in [0.3, 0.4) is 0 Å². The normalized spacial score (nSPS) is 10.4. The fourth-order valence-electron chi connectivity index (χ4n) is 2.63. The summed E-state index contributed by atoms with van der Waals surface area (Å²) >= 11 is 11.0. The average molecular weight is 415 g/mol. The summed E-state index contributed by atoms with van der Waals surface area (Å²) in [4.78, 5) is 28.7. The van der Waals surface area contributed by atoms with Gasteiger partial charge in [-0.15, -0.1) is 0 Å². The highest BCUT2D eigenvalue weighted by Gasteiger charge is 2.13. The fraction of sp³-hybridized carbons (Fsp3) is 0. The maximum atomic E-state index is 10.6. The van der Waals surface area contributed by atoms with E-state index in [-0.39, 0.29) is 10.0 Å². The number of rotatable bonds is 2. The van der Waals surface area contributed by atoms with Crippen LogP contribution in [0.15, 0.2) is 60.9 Å². The van der Waals surface area contributed by atoms with E-state index in [0.717, 1.165) is 23.2 Å². The second-order valence-electron chi connectivity index (χ2n) is 5.68. The molecule has 0 aliphatic rings. The Morgan fingerprint density at radius 3 is 2.29 bits per heavy atom. The van der Waals surface area contributed by atoms with Gasteiger partial charge in [0.25, 0.3) is 0 Å². The first-order valence-corrected chi connectivity index (χ1v) is 8.72. The van der Waals surface area contributed by atoms with E-state index < -0.39 is 23.1 Å². The molecule has 28 heavy (non-hydrogen) atoms. The number of hydrogen-bond acceptors (Lipinski definition) is 4. The third-order valence-electron chi connectivity index (χ3n) is 3.92. The van der Waals surface area contributed by atoms with Crippen LogP contribution in [0.4, 0.5) is 0 Å². The molecule has 0 aliphatic heterocycles. The number of aromatic amines is 1. The van der Waals surface area contributed by atoms with E-state index >= 15 is 0 Å². The molecule has 0 saturated carbocycles. The molecule has 0 amide bonds. The predicted molar refractivity (Wildman–Crippen MR) is 104 cm³/mol. The first-order valence-electron chi connectivity index (χ1n) is 7.96. The maximum absolute atomic E-state index is 10.6. The van der Waals surface area contributed by atoms with Crippen LogP contribution in [0.1, 0.15) is 20.7 Å². The lowest BCUT2D eigenvalue weighted by atomic mass is 10.1. The van der Waals surface area contributed by atoms with E-state index in [1.807, 2.05) is 24.5 Å². The second-order valence-corrected chi connectivity index (χ2v) is 6.49. The fourth-order valence-corrected chi connectivity index (χ4v) is 2.95. The van der Waals surface area contributed by atoms with E-state index in [2.05, 4.69) is 34.2 Å². The van der Waals surface area contributed by atoms with Crippen LogP contribution < -0.4 is 10.1 Å². The molecule has 0 fully saturated rings. The van der Waals surface area contributed by atoms with Crippen molar-refractivity contribution in [3.05, 3.63) is 82.1 Å². The summed E-state index contributed by atoms with van der Waals surface area (Å²) in [5.41, 5.74) is 1.20. The van der Waals surface area contributed by atoms with E-state index in [9.17, 15) is 14.7 Å². The molecule has 0 spiro atoms. The first-order chi connectivity index (χ1) is 13.4. The lowest BCUT2D eigenvalue weighted by Gasteiger charge is -2.08. The predicted octanol–water partition coefficient (Wildman–Crippen LogP) is 3.26. The zero-order valence-electron chi connectivity index (χ0n) is 14.1. The van der Waals surface area contributed by atoms with Gasteiger partial charge in [0.1, 0.15) is 5.52 Å². The smallest absolute Gasteiger partial charge is 0.336 e. The Morgan fingerprint density at radius 1 is 0.964 bits per heavy atom. The summed E-state index contributed by atoms with van der Waals surface area (Å²) in [7, 11) is 0. The molecular weight excluding hydrogens is 403 g/mol. The highest BCUT2D eigenvalue weighted by molar-refractivity contribution is 6.42. The van der Waals surface area contributed by atoms with Gasteiger partial charge in [-0.05, 0) is 30.3 Å². The second kappa shape index (κ2) is 8.21. The van der Waals surface area contributed by atoms with Gasteiger partial charge >= 0.3 is 5.97 Å². The Kier molecular flexibility index (Phi) is 5.73. The third-order valence-corrected chi connectivity index (χ3v) is 4.64. The standard InChI is InChI=1S/C12H8N2.C8H4Cl2O4/c1-3-9-5-6-10-4-2-8-14-12(10)11(9)13-7-1;9-5-1-3(7(11)12)4(8(13)14)2-6(5)10/h1-8H;1-2H,(H,11,12)(H,13,14). The number of aromatic carboxylic acids is 2. The minimum absolute atomic E-state index is 0.0194. The molecule has 0 saturated heterocycles. The van der Waals surface area contributed by atoms with Crippen molar-refractivity contribution in [2.24, 2.45) is 0 Å². The largest absolute Gasteiger partial charge is 0.545 e. The molecule has 2 aromatic carbocycles. The van der Waals surface area contributed by atoms with Crippen LogP contribution in [-0.2, 0) is 0 Å². The topological polar surface area (TPSA) is 104 Å². The first kappa shape index (κ1) is 19.5. The Hall–Kier alpha value is -3.22. The van der Waals surface area contributed by atoms with Gasteiger partial charge in [0, 0.05) is 28.6 Å². The molecule has 4 aromatic rings. The SMILES string of the molecule is O=C([O-])c1cc(Cl)c(Cl)cc1C(=O)O.c1cnc2c(c1)ccc1ccc[nH+]c12. The van der Waals surface area contributed by atoms with Gasteiger partial charge in [-0.1, -0.05) is 35.3 Å². The molecule has 0 bridgehead atoms. The number of nitrogens with one attached hydrogen (secondary N) is 1. The molecular formula is C20H12Cl2N2O4. The summed E-state index contributed by atoms with van der Waals surface area (Å²) in [6, 6.07) is 14.2. The van der Waals surface area contributed by atoms with Crippen LogP contribution >= 0.6 is 23.2 Å². The van der Waals surface area contributed by atoms with Gasteiger partial charge in [0.2, 0.25) is 5.52 Å². The molecule has 2 aromatic heterocycles. The third kappa shape index (κ3) is 4.03. The van der Waals surface area contributed by atoms with Gasteiger partial charge in [0.15, 0.2) is 6.20 Å². The van der Waals surface area contributed by atoms with Crippen LogP contribution in [0.2, 0.25) is 10.0 Å². The van der Waals surface area contributed by atoms with Crippen molar-refractivity contribution in [1.29, 1.82) is 0 Å². The lowest BCUT2D eigenvalue weighted by molar-refractivity contribution is -0.343. The monoisotopic (exact) mass is 414 g/mol. The molecule has 2 N–H and O–H groups in total. The Morgan fingerprint density at radius 2 is 1.61 bits per heavy atom. The number of benzene rings is 2. The molecule has 140 valence electrons. The van der Waals surface area contributed by atoms with Crippen molar-refractivity contribution < 1.29 is 24.8 Å².